The van der Waals surface area contributed by atoms with Crippen molar-refractivity contribution in [1.29, 1.82) is 0 Å². The van der Waals surface area contributed by atoms with Gasteiger partial charge in [-0.05, 0) is 59.7 Å². The maximum absolute atomic E-state index is 9.56. The summed E-state index contributed by atoms with van der Waals surface area (Å²) >= 11 is 0. The summed E-state index contributed by atoms with van der Waals surface area (Å²) in [5.74, 6) is 0.905. The molecule has 0 radical (unpaired) electrons. The summed E-state index contributed by atoms with van der Waals surface area (Å²) in [6, 6.07) is 15.1. The van der Waals surface area contributed by atoms with Crippen LogP contribution in [0.3, 0.4) is 0 Å². The third kappa shape index (κ3) is 11.6. The molecule has 2 aromatic rings. The van der Waals surface area contributed by atoms with Gasteiger partial charge >= 0.3 is 0 Å². The van der Waals surface area contributed by atoms with Crippen molar-refractivity contribution in [2.45, 2.75) is 66.2 Å². The zero-order chi connectivity index (χ0) is 22.8. The highest BCUT2D eigenvalue weighted by Gasteiger charge is 2.03. The van der Waals surface area contributed by atoms with E-state index in [0.29, 0.717) is 11.9 Å². The van der Waals surface area contributed by atoms with Crippen molar-refractivity contribution in [3.63, 3.8) is 0 Å². The highest BCUT2D eigenvalue weighted by Crippen LogP contribution is 2.26. The third-order valence-corrected chi connectivity index (χ3v) is 4.69. The van der Waals surface area contributed by atoms with Crippen molar-refractivity contribution in [2.24, 2.45) is 5.73 Å². The lowest BCUT2D eigenvalue weighted by molar-refractivity contribution is -0.104. The lowest BCUT2D eigenvalue weighted by Gasteiger charge is -2.10. The number of nitrogens with two attached hydrogens (primary N) is 1. The van der Waals surface area contributed by atoms with Gasteiger partial charge in [-0.15, -0.1) is 0 Å². The van der Waals surface area contributed by atoms with Gasteiger partial charge in [-0.25, -0.2) is 0 Å². The molecular weight excluding hydrogens is 370 g/mol. The number of carbonyl (C=O) groups is 1. The largest absolute Gasteiger partial charge is 0.497 e. The van der Waals surface area contributed by atoms with Gasteiger partial charge in [-0.1, -0.05) is 83.4 Å². The summed E-state index contributed by atoms with van der Waals surface area (Å²) in [5.41, 5.74) is 10.8. The zero-order valence-corrected chi connectivity index (χ0v) is 19.7. The maximum atomic E-state index is 9.56. The molecule has 2 N–H and O–H groups in total. The Morgan fingerprint density at radius 2 is 1.63 bits per heavy atom. The molecule has 3 nitrogen and oxygen atoms in total. The van der Waals surface area contributed by atoms with Gasteiger partial charge in [0.05, 0.1) is 7.11 Å². The Morgan fingerprint density at radius 3 is 2.03 bits per heavy atom. The number of ether oxygens (including phenoxy) is 1. The van der Waals surface area contributed by atoms with Gasteiger partial charge in [0.2, 0.25) is 0 Å². The smallest absolute Gasteiger partial charge is 0.146 e. The van der Waals surface area contributed by atoms with Crippen LogP contribution in [0.4, 0.5) is 0 Å². The van der Waals surface area contributed by atoms with Crippen molar-refractivity contribution >= 4 is 6.29 Å². The van der Waals surface area contributed by atoms with Crippen LogP contribution in [0.5, 0.6) is 5.75 Å². The zero-order valence-electron chi connectivity index (χ0n) is 19.7. The summed E-state index contributed by atoms with van der Waals surface area (Å²) in [7, 11) is 1.70. The summed E-state index contributed by atoms with van der Waals surface area (Å²) in [4.78, 5) is 9.56. The predicted octanol–water partition coefficient (Wildman–Crippen LogP) is 6.91. The second-order valence-electron chi connectivity index (χ2n) is 7.32. The first-order chi connectivity index (χ1) is 14.5. The Kier molecular flexibility index (Phi) is 16.1. The van der Waals surface area contributed by atoms with E-state index in [1.807, 2.05) is 12.1 Å². The van der Waals surface area contributed by atoms with Gasteiger partial charge in [0, 0.05) is 6.54 Å². The molecule has 30 heavy (non-hydrogen) atoms. The highest BCUT2D eigenvalue weighted by molar-refractivity contribution is 5.72. The average molecular weight is 412 g/mol. The fourth-order valence-electron chi connectivity index (χ4n) is 2.60. The van der Waals surface area contributed by atoms with Gasteiger partial charge in [-0.2, -0.15) is 0 Å². The summed E-state index contributed by atoms with van der Waals surface area (Å²) in [6.07, 6.45) is 8.37. The van der Waals surface area contributed by atoms with Crippen molar-refractivity contribution in [1.82, 2.24) is 0 Å². The Hall–Kier alpha value is -2.39. The molecule has 0 unspecified atom stereocenters. The second kappa shape index (κ2) is 17.5. The number of rotatable bonds is 9. The minimum Gasteiger partial charge on any atom is -0.497 e. The molecule has 0 heterocycles. The molecular formula is C27H41NO2. The molecule has 0 aliphatic rings. The fourth-order valence-corrected chi connectivity index (χ4v) is 2.60. The quantitative estimate of drug-likeness (QED) is 0.277. The van der Waals surface area contributed by atoms with Gasteiger partial charge in [0.25, 0.3) is 0 Å². The molecule has 0 bridgehead atoms. The van der Waals surface area contributed by atoms with E-state index >= 15 is 0 Å². The lowest BCUT2D eigenvalue weighted by Crippen LogP contribution is -2.01. The van der Waals surface area contributed by atoms with Crippen LogP contribution in [-0.4, -0.2) is 19.9 Å². The molecule has 0 saturated carbocycles. The molecule has 166 valence electrons. The lowest BCUT2D eigenvalue weighted by atomic mass is 9.96. The van der Waals surface area contributed by atoms with Crippen molar-refractivity contribution in [3.8, 4) is 16.9 Å². The molecule has 2 rings (SSSR count). The van der Waals surface area contributed by atoms with Crippen LogP contribution in [0.15, 0.2) is 54.6 Å². The third-order valence-electron chi connectivity index (χ3n) is 4.69. The second-order valence-corrected chi connectivity index (χ2v) is 7.32. The van der Waals surface area contributed by atoms with Crippen LogP contribution in [0.25, 0.3) is 11.1 Å². The summed E-state index contributed by atoms with van der Waals surface area (Å²) < 4.78 is 5.21. The van der Waals surface area contributed by atoms with Gasteiger partial charge in [-0.3, -0.25) is 4.79 Å². The number of aryl methyl sites for hydroxylation is 2. The number of carbonyl (C=O) groups excluding carboxylic acids is 1. The van der Waals surface area contributed by atoms with E-state index < -0.39 is 0 Å². The Balaban J connectivity index is 0.000000703. The first-order valence-electron chi connectivity index (χ1n) is 11.0. The molecule has 3 heteroatoms. The SMILES string of the molecule is C=C(C=O)CN.CCCC.CCCCCc1ccc(-c2ccc(OC)cc2)c(C)c1. The fraction of sp³-hybridized carbons (Fsp3) is 0.444. The van der Waals surface area contributed by atoms with Crippen molar-refractivity contribution < 1.29 is 9.53 Å². The van der Waals surface area contributed by atoms with E-state index in [-0.39, 0.29) is 6.54 Å². The molecule has 0 amide bonds. The summed E-state index contributed by atoms with van der Waals surface area (Å²) in [6.45, 7) is 12.4. The van der Waals surface area contributed by atoms with Gasteiger partial charge in [0.1, 0.15) is 12.0 Å². The maximum Gasteiger partial charge on any atom is 0.146 e. The van der Waals surface area contributed by atoms with Crippen molar-refractivity contribution in [3.05, 3.63) is 65.7 Å². The molecule has 0 atom stereocenters. The molecule has 0 aliphatic carbocycles. The molecule has 2 aromatic carbocycles. The van der Waals surface area contributed by atoms with E-state index in [0.717, 1.165) is 5.75 Å². The van der Waals surface area contributed by atoms with Crippen LogP contribution >= 0.6 is 0 Å². The standard InChI is InChI=1S/C19H24O.C4H7NO.C4H10/c1-4-5-6-7-16-8-13-19(15(2)14-16)17-9-11-18(20-3)12-10-17;1-4(2-5)3-6;1-3-4-2/h8-14H,4-7H2,1-3H3;3H,1-2,5H2;3-4H2,1-2H3. The molecule has 0 aromatic heterocycles. The summed E-state index contributed by atoms with van der Waals surface area (Å²) in [5, 5.41) is 0. The molecule has 0 spiro atoms. The molecule has 0 saturated heterocycles. The van der Waals surface area contributed by atoms with E-state index in [1.54, 1.807) is 7.11 Å². The Morgan fingerprint density at radius 1 is 1.00 bits per heavy atom. The van der Waals surface area contributed by atoms with Crippen LogP contribution in [0, 0.1) is 6.92 Å². The number of methoxy groups -OCH3 is 1. The highest BCUT2D eigenvalue weighted by atomic mass is 16.5. The van der Waals surface area contributed by atoms with Crippen LogP contribution in [0.1, 0.15) is 64.0 Å². The average Bonchev–Trinajstić information content (AvgIpc) is 2.79. The Bertz CT molecular complexity index is 718. The minimum absolute atomic E-state index is 0.267. The number of hydrogen-bond donors (Lipinski definition) is 1. The number of unbranched alkanes of at least 4 members (excludes halogenated alkanes) is 3. The normalized spacial score (nSPS) is 9.53. The first kappa shape index (κ1) is 27.6. The number of hydrogen-bond acceptors (Lipinski definition) is 3. The van der Waals surface area contributed by atoms with Gasteiger partial charge < -0.3 is 10.5 Å². The minimum atomic E-state index is 0.267. The molecule has 0 aliphatic heterocycles. The van der Waals surface area contributed by atoms with Crippen LogP contribution in [0.2, 0.25) is 0 Å². The van der Waals surface area contributed by atoms with Crippen LogP contribution in [-0.2, 0) is 11.2 Å². The number of aldehydes is 1. The van der Waals surface area contributed by atoms with Crippen molar-refractivity contribution in [2.75, 3.05) is 13.7 Å². The topological polar surface area (TPSA) is 52.3 Å². The first-order valence-corrected chi connectivity index (χ1v) is 11.0. The predicted molar refractivity (Wildman–Crippen MR) is 131 cm³/mol. The number of benzene rings is 2. The van der Waals surface area contributed by atoms with E-state index in [2.05, 4.69) is 64.6 Å². The van der Waals surface area contributed by atoms with E-state index in [4.69, 9.17) is 10.5 Å². The van der Waals surface area contributed by atoms with E-state index in [1.165, 1.54) is 60.8 Å². The Labute approximate surface area is 184 Å². The molecule has 0 fully saturated rings. The van der Waals surface area contributed by atoms with E-state index in [9.17, 15) is 4.79 Å². The van der Waals surface area contributed by atoms with Gasteiger partial charge in [0.15, 0.2) is 0 Å². The van der Waals surface area contributed by atoms with Crippen LogP contribution < -0.4 is 10.5 Å². The monoisotopic (exact) mass is 411 g/mol.